The third kappa shape index (κ3) is 3.72. The molecule has 1 unspecified atom stereocenters. The van der Waals surface area contributed by atoms with E-state index in [1.54, 1.807) is 0 Å². The van der Waals surface area contributed by atoms with Crippen LogP contribution in [0.3, 0.4) is 0 Å². The fourth-order valence-electron chi connectivity index (χ4n) is 1.86. The molecule has 1 N–H and O–H groups in total. The normalized spacial score (nSPS) is 18.1. The summed E-state index contributed by atoms with van der Waals surface area (Å²) in [5, 5.41) is 8.83. The molecule has 0 aromatic heterocycles. The first kappa shape index (κ1) is 14.5. The Morgan fingerprint density at radius 1 is 1.39 bits per heavy atom. The molecule has 1 fully saturated rings. The van der Waals surface area contributed by atoms with Gasteiger partial charge in [0.1, 0.15) is 6.04 Å². The number of carboxylic acid groups (broad SMARTS) is 1. The summed E-state index contributed by atoms with van der Waals surface area (Å²) in [6.07, 6.45) is 3.24. The second-order valence-corrected chi connectivity index (χ2v) is 4.64. The van der Waals surface area contributed by atoms with E-state index in [9.17, 15) is 14.4 Å². The highest BCUT2D eigenvalue weighted by Crippen LogP contribution is 2.11. The third-order valence-electron chi connectivity index (χ3n) is 3.33. The molecule has 0 saturated carbocycles. The Bertz CT molecular complexity index is 343. The highest BCUT2D eigenvalue weighted by Gasteiger charge is 2.25. The molecule has 1 heterocycles. The van der Waals surface area contributed by atoms with E-state index in [1.165, 1.54) is 23.8 Å². The molecule has 1 aliphatic heterocycles. The summed E-state index contributed by atoms with van der Waals surface area (Å²) in [5.41, 5.74) is 0. The lowest BCUT2D eigenvalue weighted by atomic mass is 10.2. The summed E-state index contributed by atoms with van der Waals surface area (Å²) < 4.78 is 0. The molecule has 0 aromatic rings. The number of carboxylic acids is 1. The number of amides is 2. The van der Waals surface area contributed by atoms with E-state index in [4.69, 9.17) is 5.11 Å². The molecular weight excluding hydrogens is 236 g/mol. The van der Waals surface area contributed by atoms with Gasteiger partial charge >= 0.3 is 5.97 Å². The van der Waals surface area contributed by atoms with Gasteiger partial charge in [0.05, 0.1) is 6.54 Å². The molecule has 6 nitrogen and oxygen atoms in total. The van der Waals surface area contributed by atoms with Crippen LogP contribution >= 0.6 is 0 Å². The van der Waals surface area contributed by atoms with Gasteiger partial charge in [0.2, 0.25) is 11.8 Å². The smallest absolute Gasteiger partial charge is 0.326 e. The minimum Gasteiger partial charge on any atom is -0.480 e. The van der Waals surface area contributed by atoms with Gasteiger partial charge in [-0.05, 0) is 19.8 Å². The van der Waals surface area contributed by atoms with E-state index in [1.807, 2.05) is 0 Å². The second-order valence-electron chi connectivity index (χ2n) is 4.64. The number of carbonyl (C=O) groups is 3. The standard InChI is InChI=1S/C12H20N2O4/c1-9(12(17)18)13(2)11(16)8-14-7-5-3-4-6-10(14)15/h9H,3-8H2,1-2H3,(H,17,18). The van der Waals surface area contributed by atoms with Crippen molar-refractivity contribution in [3.63, 3.8) is 0 Å². The number of likely N-dealkylation sites (tertiary alicyclic amines) is 1. The molecule has 1 aliphatic rings. The van der Waals surface area contributed by atoms with Gasteiger partial charge in [-0.1, -0.05) is 6.42 Å². The molecule has 102 valence electrons. The van der Waals surface area contributed by atoms with E-state index < -0.39 is 12.0 Å². The molecule has 0 bridgehead atoms. The SMILES string of the molecule is CC(C(=O)O)N(C)C(=O)CN1CCCCCC1=O. The number of likely N-dealkylation sites (N-methyl/N-ethyl adjacent to an activating group) is 1. The monoisotopic (exact) mass is 256 g/mol. The van der Waals surface area contributed by atoms with E-state index in [2.05, 4.69) is 0 Å². The predicted octanol–water partition coefficient (Wildman–Crippen LogP) is 0.320. The minimum absolute atomic E-state index is 0.0165. The molecule has 2 amide bonds. The van der Waals surface area contributed by atoms with Crippen LogP contribution in [0.4, 0.5) is 0 Å². The summed E-state index contributed by atoms with van der Waals surface area (Å²) in [4.78, 5) is 37.1. The molecule has 18 heavy (non-hydrogen) atoms. The lowest BCUT2D eigenvalue weighted by Gasteiger charge is -2.26. The van der Waals surface area contributed by atoms with Crippen LogP contribution < -0.4 is 0 Å². The number of aliphatic carboxylic acids is 1. The van der Waals surface area contributed by atoms with E-state index in [0.29, 0.717) is 13.0 Å². The van der Waals surface area contributed by atoms with Crippen molar-refractivity contribution >= 4 is 17.8 Å². The second kappa shape index (κ2) is 6.37. The molecule has 0 aliphatic carbocycles. The zero-order chi connectivity index (χ0) is 13.7. The van der Waals surface area contributed by atoms with Gasteiger partial charge < -0.3 is 14.9 Å². The maximum atomic E-state index is 11.9. The Labute approximate surface area is 107 Å². The molecule has 1 saturated heterocycles. The van der Waals surface area contributed by atoms with Gasteiger partial charge in [-0.3, -0.25) is 9.59 Å². The number of hydrogen-bond acceptors (Lipinski definition) is 3. The van der Waals surface area contributed by atoms with Crippen molar-refractivity contribution in [2.24, 2.45) is 0 Å². The van der Waals surface area contributed by atoms with Crippen molar-refractivity contribution in [3.8, 4) is 0 Å². The Balaban J connectivity index is 2.57. The van der Waals surface area contributed by atoms with Crippen LogP contribution in [-0.4, -0.2) is 58.9 Å². The van der Waals surface area contributed by atoms with E-state index in [-0.39, 0.29) is 18.4 Å². The van der Waals surface area contributed by atoms with Gasteiger partial charge in [0, 0.05) is 20.0 Å². The number of rotatable bonds is 4. The number of carbonyl (C=O) groups excluding carboxylic acids is 2. The molecule has 0 radical (unpaired) electrons. The Hall–Kier alpha value is -1.59. The van der Waals surface area contributed by atoms with Gasteiger partial charge in [-0.25, -0.2) is 4.79 Å². The van der Waals surface area contributed by atoms with Crippen LogP contribution in [0.2, 0.25) is 0 Å². The summed E-state index contributed by atoms with van der Waals surface area (Å²) in [6.45, 7) is 2.01. The predicted molar refractivity (Wildman–Crippen MR) is 64.9 cm³/mol. The molecule has 1 atom stereocenters. The fraction of sp³-hybridized carbons (Fsp3) is 0.750. The fourth-order valence-corrected chi connectivity index (χ4v) is 1.86. The van der Waals surface area contributed by atoms with Crippen LogP contribution in [0.25, 0.3) is 0 Å². The average Bonchev–Trinajstić information content (AvgIpc) is 2.53. The summed E-state index contributed by atoms with van der Waals surface area (Å²) >= 11 is 0. The number of nitrogens with zero attached hydrogens (tertiary/aromatic N) is 2. The van der Waals surface area contributed by atoms with Crippen molar-refractivity contribution < 1.29 is 19.5 Å². The molecule has 1 rings (SSSR count). The first-order valence-corrected chi connectivity index (χ1v) is 6.19. The first-order valence-electron chi connectivity index (χ1n) is 6.19. The highest BCUT2D eigenvalue weighted by molar-refractivity contribution is 5.87. The summed E-state index contributed by atoms with van der Waals surface area (Å²) in [5.74, 6) is -1.40. The summed E-state index contributed by atoms with van der Waals surface area (Å²) in [6, 6.07) is -0.875. The van der Waals surface area contributed by atoms with Crippen molar-refractivity contribution in [2.45, 2.75) is 38.6 Å². The number of hydrogen-bond donors (Lipinski definition) is 1. The Morgan fingerprint density at radius 2 is 2.06 bits per heavy atom. The van der Waals surface area contributed by atoms with Gasteiger partial charge in [0.25, 0.3) is 0 Å². The summed E-state index contributed by atoms with van der Waals surface area (Å²) in [7, 11) is 1.45. The third-order valence-corrected chi connectivity index (χ3v) is 3.33. The average molecular weight is 256 g/mol. The topological polar surface area (TPSA) is 77.9 Å². The molecule has 6 heteroatoms. The van der Waals surface area contributed by atoms with Crippen molar-refractivity contribution in [1.29, 1.82) is 0 Å². The van der Waals surface area contributed by atoms with Crippen molar-refractivity contribution in [3.05, 3.63) is 0 Å². The molecule has 0 aromatic carbocycles. The van der Waals surface area contributed by atoms with Crippen LogP contribution in [0.5, 0.6) is 0 Å². The zero-order valence-electron chi connectivity index (χ0n) is 10.9. The largest absolute Gasteiger partial charge is 0.480 e. The first-order chi connectivity index (χ1) is 8.43. The molecule has 0 spiro atoms. The van der Waals surface area contributed by atoms with Gasteiger partial charge in [-0.15, -0.1) is 0 Å². The highest BCUT2D eigenvalue weighted by atomic mass is 16.4. The van der Waals surface area contributed by atoms with Crippen LogP contribution in [0, 0.1) is 0 Å². The zero-order valence-corrected chi connectivity index (χ0v) is 10.9. The lowest BCUT2D eigenvalue weighted by molar-refractivity contribution is -0.149. The quantitative estimate of drug-likeness (QED) is 0.785. The Kier molecular flexibility index (Phi) is 5.12. The van der Waals surface area contributed by atoms with E-state index in [0.717, 1.165) is 19.3 Å². The molecular formula is C12H20N2O4. The van der Waals surface area contributed by atoms with E-state index >= 15 is 0 Å². The van der Waals surface area contributed by atoms with Gasteiger partial charge in [-0.2, -0.15) is 0 Å². The maximum Gasteiger partial charge on any atom is 0.326 e. The van der Waals surface area contributed by atoms with Crippen LogP contribution in [0.1, 0.15) is 32.6 Å². The van der Waals surface area contributed by atoms with Crippen molar-refractivity contribution in [1.82, 2.24) is 9.80 Å². The maximum absolute atomic E-state index is 11.9. The van der Waals surface area contributed by atoms with Crippen LogP contribution in [-0.2, 0) is 14.4 Å². The van der Waals surface area contributed by atoms with Crippen molar-refractivity contribution in [2.75, 3.05) is 20.1 Å². The Morgan fingerprint density at radius 3 is 2.67 bits per heavy atom. The minimum atomic E-state index is -1.05. The lowest BCUT2D eigenvalue weighted by Crippen LogP contribution is -2.46. The van der Waals surface area contributed by atoms with Crippen LogP contribution in [0.15, 0.2) is 0 Å². The van der Waals surface area contributed by atoms with Gasteiger partial charge in [0.15, 0.2) is 0 Å².